The topological polar surface area (TPSA) is 31.7 Å². The van der Waals surface area contributed by atoms with Crippen molar-refractivity contribution in [2.45, 2.75) is 45.3 Å². The molecule has 27 heavy (non-hydrogen) atoms. The van der Waals surface area contributed by atoms with Crippen molar-refractivity contribution in [1.29, 1.82) is 0 Å². The Balaban J connectivity index is 1.71. The van der Waals surface area contributed by atoms with Gasteiger partial charge in [0.15, 0.2) is 5.17 Å². The Morgan fingerprint density at radius 3 is 2.48 bits per heavy atom. The molecule has 0 radical (unpaired) electrons. The second-order valence-corrected chi connectivity index (χ2v) is 8.09. The van der Waals surface area contributed by atoms with Crippen molar-refractivity contribution in [2.24, 2.45) is 4.99 Å². The summed E-state index contributed by atoms with van der Waals surface area (Å²) in [5, 5.41) is 1.19. The molecule has 2 aromatic rings. The number of nitrogens with zero attached hydrogens (tertiary/aromatic N) is 4. The molecule has 0 aliphatic carbocycles. The molecule has 3 heterocycles. The third-order valence-corrected chi connectivity index (χ3v) is 6.82. The summed E-state index contributed by atoms with van der Waals surface area (Å²) in [4.78, 5) is 14.7. The van der Waals surface area contributed by atoms with E-state index in [0.717, 1.165) is 31.0 Å². The molecule has 0 spiro atoms. The van der Waals surface area contributed by atoms with Gasteiger partial charge in [-0.3, -0.25) is 9.98 Å². The molecule has 5 heteroatoms. The molecule has 1 aromatic heterocycles. The summed E-state index contributed by atoms with van der Waals surface area (Å²) in [7, 11) is 0. The van der Waals surface area contributed by atoms with Crippen LogP contribution in [0.25, 0.3) is 0 Å². The third-order valence-electron chi connectivity index (χ3n) is 5.69. The van der Waals surface area contributed by atoms with E-state index >= 15 is 0 Å². The molecular weight excluding hydrogens is 352 g/mol. The van der Waals surface area contributed by atoms with E-state index in [0.29, 0.717) is 6.04 Å². The zero-order valence-corrected chi connectivity index (χ0v) is 17.2. The lowest BCUT2D eigenvalue weighted by Gasteiger charge is -2.32. The Morgan fingerprint density at radius 1 is 1.07 bits per heavy atom. The largest absolute Gasteiger partial charge is 0.372 e. The minimum Gasteiger partial charge on any atom is -0.372 e. The Labute approximate surface area is 166 Å². The van der Waals surface area contributed by atoms with Gasteiger partial charge in [0.1, 0.15) is 6.04 Å². The minimum atomic E-state index is 0.0716. The highest BCUT2D eigenvalue weighted by molar-refractivity contribution is 8.14. The Kier molecular flexibility index (Phi) is 5.39. The second kappa shape index (κ2) is 7.93. The van der Waals surface area contributed by atoms with Crippen molar-refractivity contribution in [1.82, 2.24) is 9.88 Å². The van der Waals surface area contributed by atoms with Crippen LogP contribution in [0.15, 0.2) is 53.7 Å². The summed E-state index contributed by atoms with van der Waals surface area (Å²) >= 11 is 1.90. The second-order valence-electron chi connectivity index (χ2n) is 7.10. The number of aliphatic imine (C=N–C) groups is 1. The van der Waals surface area contributed by atoms with Gasteiger partial charge in [-0.05, 0) is 50.1 Å². The van der Waals surface area contributed by atoms with Crippen LogP contribution < -0.4 is 4.90 Å². The summed E-state index contributed by atoms with van der Waals surface area (Å²) in [6, 6.07) is 16.1. The van der Waals surface area contributed by atoms with Crippen LogP contribution in [-0.2, 0) is 0 Å². The monoisotopic (exact) mass is 380 g/mol. The van der Waals surface area contributed by atoms with E-state index in [9.17, 15) is 0 Å². The number of hydrogen-bond acceptors (Lipinski definition) is 5. The summed E-state index contributed by atoms with van der Waals surface area (Å²) < 4.78 is 0. The highest BCUT2D eigenvalue weighted by Gasteiger charge is 2.45. The number of benzene rings is 1. The molecular formula is C22H28N4S. The van der Waals surface area contributed by atoms with Crippen molar-refractivity contribution in [3.05, 3.63) is 59.9 Å². The quantitative estimate of drug-likeness (QED) is 0.713. The van der Waals surface area contributed by atoms with E-state index in [4.69, 9.17) is 4.99 Å². The minimum absolute atomic E-state index is 0.0716. The molecule has 4 rings (SSSR count). The zero-order chi connectivity index (χ0) is 18.8. The number of anilines is 1. The normalized spacial score (nSPS) is 24.0. The molecule has 0 unspecified atom stereocenters. The predicted molar refractivity (Wildman–Crippen MR) is 116 cm³/mol. The van der Waals surface area contributed by atoms with Crippen molar-refractivity contribution in [3.8, 4) is 0 Å². The first-order valence-corrected chi connectivity index (χ1v) is 11.0. The van der Waals surface area contributed by atoms with Gasteiger partial charge in [-0.2, -0.15) is 0 Å². The number of thioether (sulfide) groups is 1. The standard InChI is InChI=1S/C22H28N4S/c1-4-17-15-27-22-24-20(19-9-7-8-14-23-19)21(26(17)22)16-10-12-18(13-11-16)25(5-2)6-3/h7-14,17,20-21H,4-6,15H2,1-3H3/t17-,20-,21-/m1/s1. The van der Waals surface area contributed by atoms with Crippen LogP contribution in [0.1, 0.15) is 50.5 Å². The zero-order valence-electron chi connectivity index (χ0n) is 16.4. The Bertz CT molecular complexity index is 786. The van der Waals surface area contributed by atoms with E-state index in [1.807, 2.05) is 24.0 Å². The molecule has 142 valence electrons. The summed E-state index contributed by atoms with van der Waals surface area (Å²) in [6.07, 6.45) is 3.03. The van der Waals surface area contributed by atoms with Crippen LogP contribution in [0, 0.1) is 0 Å². The lowest BCUT2D eigenvalue weighted by Crippen LogP contribution is -2.35. The first-order chi connectivity index (χ1) is 13.3. The maximum atomic E-state index is 5.10. The van der Waals surface area contributed by atoms with Crippen molar-refractivity contribution < 1.29 is 0 Å². The molecule has 1 saturated heterocycles. The van der Waals surface area contributed by atoms with E-state index in [1.165, 1.54) is 16.4 Å². The third kappa shape index (κ3) is 3.33. The van der Waals surface area contributed by atoms with Gasteiger partial charge in [-0.1, -0.05) is 36.9 Å². The fourth-order valence-electron chi connectivity index (χ4n) is 4.18. The molecule has 0 saturated carbocycles. The van der Waals surface area contributed by atoms with Gasteiger partial charge < -0.3 is 9.80 Å². The van der Waals surface area contributed by atoms with Crippen LogP contribution in [0.5, 0.6) is 0 Å². The molecule has 3 atom stereocenters. The lowest BCUT2D eigenvalue weighted by atomic mass is 9.95. The molecule has 0 amide bonds. The number of amidine groups is 1. The first kappa shape index (κ1) is 18.4. The van der Waals surface area contributed by atoms with Crippen molar-refractivity contribution >= 4 is 22.6 Å². The van der Waals surface area contributed by atoms with Gasteiger partial charge >= 0.3 is 0 Å². The maximum Gasteiger partial charge on any atom is 0.160 e. The average Bonchev–Trinajstić information content (AvgIpc) is 3.29. The first-order valence-electron chi connectivity index (χ1n) is 10.0. The Morgan fingerprint density at radius 2 is 1.85 bits per heavy atom. The van der Waals surface area contributed by atoms with Gasteiger partial charge in [0.05, 0.1) is 11.7 Å². The van der Waals surface area contributed by atoms with Crippen LogP contribution in [0.3, 0.4) is 0 Å². The van der Waals surface area contributed by atoms with E-state index in [1.54, 1.807) is 0 Å². The molecule has 2 aliphatic heterocycles. The molecule has 0 bridgehead atoms. The molecule has 0 N–H and O–H groups in total. The van der Waals surface area contributed by atoms with Crippen LogP contribution in [0.4, 0.5) is 5.69 Å². The van der Waals surface area contributed by atoms with Gasteiger partial charge in [0.2, 0.25) is 0 Å². The highest BCUT2D eigenvalue weighted by atomic mass is 32.2. The van der Waals surface area contributed by atoms with Crippen molar-refractivity contribution in [3.63, 3.8) is 0 Å². The van der Waals surface area contributed by atoms with Gasteiger partial charge in [0.25, 0.3) is 0 Å². The van der Waals surface area contributed by atoms with E-state index in [2.05, 4.69) is 72.0 Å². The number of pyridine rings is 1. The van der Waals surface area contributed by atoms with E-state index in [-0.39, 0.29) is 12.1 Å². The summed E-state index contributed by atoms with van der Waals surface area (Å²) in [5.41, 5.74) is 3.69. The average molecular weight is 381 g/mol. The number of fused-ring (bicyclic) bond motifs is 1. The summed E-state index contributed by atoms with van der Waals surface area (Å²) in [6.45, 7) is 8.76. The van der Waals surface area contributed by atoms with Gasteiger partial charge in [0, 0.05) is 36.8 Å². The fraction of sp³-hybridized carbons (Fsp3) is 0.455. The number of hydrogen-bond donors (Lipinski definition) is 0. The molecule has 1 aromatic carbocycles. The summed E-state index contributed by atoms with van der Waals surface area (Å²) in [5.74, 6) is 1.14. The Hall–Kier alpha value is -2.01. The van der Waals surface area contributed by atoms with Crippen LogP contribution in [0.2, 0.25) is 0 Å². The smallest absolute Gasteiger partial charge is 0.160 e. The molecule has 1 fully saturated rings. The van der Waals surface area contributed by atoms with Crippen molar-refractivity contribution in [2.75, 3.05) is 23.7 Å². The number of rotatable bonds is 6. The van der Waals surface area contributed by atoms with Crippen LogP contribution in [-0.4, -0.2) is 39.9 Å². The van der Waals surface area contributed by atoms with Gasteiger partial charge in [-0.25, -0.2) is 0 Å². The molecule has 2 aliphatic rings. The number of aromatic nitrogens is 1. The van der Waals surface area contributed by atoms with Gasteiger partial charge in [-0.15, -0.1) is 0 Å². The lowest BCUT2D eigenvalue weighted by molar-refractivity contribution is 0.255. The predicted octanol–water partition coefficient (Wildman–Crippen LogP) is 4.91. The van der Waals surface area contributed by atoms with E-state index < -0.39 is 0 Å². The molecule has 4 nitrogen and oxygen atoms in total. The maximum absolute atomic E-state index is 5.10. The van der Waals surface area contributed by atoms with Crippen LogP contribution >= 0.6 is 11.8 Å². The SMILES string of the molecule is CC[C@@H]1CSC2=N[C@H](c3ccccn3)[C@@H](c3ccc(N(CC)CC)cc3)N21. The highest BCUT2D eigenvalue weighted by Crippen LogP contribution is 2.48. The fourth-order valence-corrected chi connectivity index (χ4v) is 5.52.